The number of H-pyrrole nitrogens is 1. The first kappa shape index (κ1) is 25.5. The highest BCUT2D eigenvalue weighted by atomic mass is 35.5. The largest absolute Gasteiger partial charge is 0.370 e. The summed E-state index contributed by atoms with van der Waals surface area (Å²) in [7, 11) is 1.75. The van der Waals surface area contributed by atoms with Crippen molar-refractivity contribution in [3.05, 3.63) is 92.7 Å². The minimum atomic E-state index is -0.659. The smallest absolute Gasteiger partial charge is 0.252 e. The molecule has 2 N–H and O–H groups in total. The van der Waals surface area contributed by atoms with E-state index in [9.17, 15) is 4.79 Å². The van der Waals surface area contributed by atoms with E-state index in [1.165, 1.54) is 4.68 Å². The topological polar surface area (TPSA) is 119 Å². The molecule has 0 unspecified atom stereocenters. The quantitative estimate of drug-likeness (QED) is 0.256. The van der Waals surface area contributed by atoms with Crippen molar-refractivity contribution in [3.8, 4) is 28.1 Å². The van der Waals surface area contributed by atoms with Crippen LogP contribution < -0.4 is 10.9 Å². The lowest BCUT2D eigenvalue weighted by Gasteiger charge is -2.17. The summed E-state index contributed by atoms with van der Waals surface area (Å²) in [6, 6.07) is 13.6. The van der Waals surface area contributed by atoms with Crippen molar-refractivity contribution in [1.29, 1.82) is 0 Å². The molecule has 6 aromatic rings. The number of benzene rings is 2. The van der Waals surface area contributed by atoms with E-state index >= 15 is 4.39 Å². The van der Waals surface area contributed by atoms with Crippen molar-refractivity contribution in [2.75, 3.05) is 12.4 Å². The third kappa shape index (κ3) is 4.20. The van der Waals surface area contributed by atoms with Crippen LogP contribution in [0, 0.1) is 11.9 Å². The number of anilines is 1. The minimum Gasteiger partial charge on any atom is -0.370 e. The lowest BCUT2D eigenvalue weighted by molar-refractivity contribution is 0.445. The summed E-state index contributed by atoms with van der Waals surface area (Å²) in [6.45, 7) is 2.01. The Morgan fingerprint density at radius 3 is 2.76 bits per heavy atom. The van der Waals surface area contributed by atoms with Crippen molar-refractivity contribution < 1.29 is 8.91 Å². The van der Waals surface area contributed by atoms with Gasteiger partial charge in [-0.25, -0.2) is 9.67 Å². The number of aromatic nitrogens is 7. The molecule has 0 bridgehead atoms. The summed E-state index contributed by atoms with van der Waals surface area (Å²) in [5.74, 6) is 0.280. The van der Waals surface area contributed by atoms with E-state index in [4.69, 9.17) is 27.7 Å². The molecule has 4 aromatic heterocycles. The molecule has 2 atom stereocenters. The van der Waals surface area contributed by atoms with Gasteiger partial charge in [-0.1, -0.05) is 46.6 Å². The van der Waals surface area contributed by atoms with Crippen molar-refractivity contribution in [3.63, 3.8) is 0 Å². The van der Waals surface area contributed by atoms with E-state index in [1.807, 2.05) is 19.1 Å². The van der Waals surface area contributed by atoms with Crippen LogP contribution in [0.25, 0.3) is 39.0 Å². The fourth-order valence-corrected chi connectivity index (χ4v) is 5.92. The summed E-state index contributed by atoms with van der Waals surface area (Å²) in [6.07, 6.45) is 2.17. The molecule has 0 saturated heterocycles. The minimum absolute atomic E-state index is 0.0285. The zero-order chi connectivity index (χ0) is 28.4. The highest BCUT2D eigenvalue weighted by Gasteiger charge is 2.35. The van der Waals surface area contributed by atoms with E-state index in [0.717, 1.165) is 11.1 Å². The molecule has 1 aliphatic rings. The molecular formula is C28H21Cl2FN8O2. The molecular weight excluding hydrogens is 570 g/mol. The molecule has 1 aliphatic heterocycles. The Morgan fingerprint density at radius 1 is 1.12 bits per heavy atom. The predicted molar refractivity (Wildman–Crippen MR) is 153 cm³/mol. The van der Waals surface area contributed by atoms with Crippen LogP contribution in [-0.4, -0.2) is 41.7 Å². The maximum atomic E-state index is 15.2. The molecule has 5 heterocycles. The fourth-order valence-electron chi connectivity index (χ4n) is 5.63. The summed E-state index contributed by atoms with van der Waals surface area (Å²) < 4.78 is 23.8. The molecule has 206 valence electrons. The number of pyridine rings is 1. The lowest BCUT2D eigenvalue weighted by Crippen LogP contribution is -2.26. The van der Waals surface area contributed by atoms with Crippen LogP contribution in [0.4, 0.5) is 10.2 Å². The van der Waals surface area contributed by atoms with Gasteiger partial charge >= 0.3 is 0 Å². The second-order valence-electron chi connectivity index (χ2n) is 10.00. The van der Waals surface area contributed by atoms with Crippen LogP contribution in [0.1, 0.15) is 24.5 Å². The van der Waals surface area contributed by atoms with Crippen molar-refractivity contribution in [1.82, 2.24) is 34.7 Å². The summed E-state index contributed by atoms with van der Waals surface area (Å²) in [5.41, 5.74) is 3.89. The van der Waals surface area contributed by atoms with Crippen molar-refractivity contribution >= 4 is 40.0 Å². The normalized spacial score (nSPS) is 16.4. The Morgan fingerprint density at radius 2 is 1.98 bits per heavy atom. The van der Waals surface area contributed by atoms with Gasteiger partial charge in [0.1, 0.15) is 11.5 Å². The molecule has 0 amide bonds. The number of hydrogen-bond acceptors (Lipinski definition) is 7. The van der Waals surface area contributed by atoms with Crippen LogP contribution in [0.15, 0.2) is 64.0 Å². The zero-order valence-corrected chi connectivity index (χ0v) is 23.2. The standard InChI is InChI=1S/C28H21Cl2FN8O2/c1-13-7-17-8-15(19-11-16(29)4-6-20(19)38-12-22(30)35-37-38)10-23(40)39(17)25(13)28-33-24(26(31)34-28)14-3-5-18-21(9-14)41-36-27(18)32-2/h3-6,8-13,25H,7H2,1-2H3,(H,32,36)(H,33,34)/t13-,25-/m0/s1. The Hall–Kier alpha value is -4.48. The molecule has 0 fully saturated rings. The van der Waals surface area contributed by atoms with Crippen LogP contribution in [-0.2, 0) is 6.42 Å². The van der Waals surface area contributed by atoms with E-state index in [0.29, 0.717) is 51.0 Å². The lowest BCUT2D eigenvalue weighted by atomic mass is 10.0. The Balaban J connectivity index is 1.29. The molecule has 0 spiro atoms. The zero-order valence-electron chi connectivity index (χ0n) is 21.7. The Labute approximate surface area is 241 Å². The van der Waals surface area contributed by atoms with E-state index < -0.39 is 12.0 Å². The number of imidazole rings is 1. The van der Waals surface area contributed by atoms with Gasteiger partial charge in [0.25, 0.3) is 5.56 Å². The highest BCUT2D eigenvalue weighted by Crippen LogP contribution is 2.38. The number of hydrogen-bond donors (Lipinski definition) is 2. The van der Waals surface area contributed by atoms with Gasteiger partial charge in [0.05, 0.1) is 23.3 Å². The molecule has 0 saturated carbocycles. The van der Waals surface area contributed by atoms with Crippen molar-refractivity contribution in [2.45, 2.75) is 19.4 Å². The first-order chi connectivity index (χ1) is 19.8. The second-order valence-corrected chi connectivity index (χ2v) is 10.8. The van der Waals surface area contributed by atoms with Gasteiger partial charge in [0, 0.05) is 35.0 Å². The van der Waals surface area contributed by atoms with Gasteiger partial charge in [-0.3, -0.25) is 4.79 Å². The molecule has 0 radical (unpaired) electrons. The summed E-state index contributed by atoms with van der Waals surface area (Å²) >= 11 is 12.3. The first-order valence-corrected chi connectivity index (χ1v) is 13.5. The van der Waals surface area contributed by atoms with Crippen LogP contribution in [0.5, 0.6) is 0 Å². The Bertz CT molecular complexity index is 2030. The predicted octanol–water partition coefficient (Wildman–Crippen LogP) is 5.90. The Kier molecular flexibility index (Phi) is 5.95. The summed E-state index contributed by atoms with van der Waals surface area (Å²) in [5, 5.41) is 16.4. The van der Waals surface area contributed by atoms with E-state index in [-0.39, 0.29) is 22.3 Å². The maximum Gasteiger partial charge on any atom is 0.252 e. The number of nitrogens with one attached hydrogen (secondary N) is 2. The maximum absolute atomic E-state index is 15.2. The van der Waals surface area contributed by atoms with E-state index in [1.54, 1.807) is 54.2 Å². The third-order valence-electron chi connectivity index (χ3n) is 7.43. The third-order valence-corrected chi connectivity index (χ3v) is 7.84. The van der Waals surface area contributed by atoms with Crippen LogP contribution in [0.3, 0.4) is 0 Å². The van der Waals surface area contributed by atoms with Gasteiger partial charge in [0.2, 0.25) is 5.95 Å². The van der Waals surface area contributed by atoms with Gasteiger partial charge in [-0.05, 0) is 54.3 Å². The van der Waals surface area contributed by atoms with Gasteiger partial charge in [0.15, 0.2) is 16.6 Å². The van der Waals surface area contributed by atoms with Crippen LogP contribution in [0.2, 0.25) is 10.2 Å². The average Bonchev–Trinajstić information content (AvgIpc) is 3.73. The molecule has 7 rings (SSSR count). The second kappa shape index (κ2) is 9.57. The SMILES string of the molecule is CNc1noc2cc(-c3[nH]c([C@@H]4[C@@H](C)Cc5cc(-c6cc(Cl)ccc6-n6cc(Cl)nn6)cc(=O)n54)nc3F)ccc12. The average molecular weight is 591 g/mol. The molecule has 10 nitrogen and oxygen atoms in total. The number of nitrogens with zero attached hydrogens (tertiary/aromatic N) is 6. The monoisotopic (exact) mass is 590 g/mol. The fraction of sp³-hybridized carbons (Fsp3) is 0.179. The number of halogens is 3. The van der Waals surface area contributed by atoms with Gasteiger partial charge < -0.3 is 19.4 Å². The number of rotatable bonds is 5. The molecule has 0 aliphatic carbocycles. The molecule has 41 heavy (non-hydrogen) atoms. The van der Waals surface area contributed by atoms with Gasteiger partial charge in [-0.2, -0.15) is 4.39 Å². The number of aromatic amines is 1. The molecule has 2 aromatic carbocycles. The first-order valence-electron chi connectivity index (χ1n) is 12.8. The highest BCUT2D eigenvalue weighted by molar-refractivity contribution is 6.31. The molecule has 13 heteroatoms. The number of fused-ring (bicyclic) bond motifs is 2. The van der Waals surface area contributed by atoms with E-state index in [2.05, 4.69) is 30.8 Å². The van der Waals surface area contributed by atoms with Gasteiger partial charge in [-0.15, -0.1) is 5.10 Å². The van der Waals surface area contributed by atoms with Crippen LogP contribution >= 0.6 is 23.2 Å². The van der Waals surface area contributed by atoms with Crippen molar-refractivity contribution in [2.24, 2.45) is 5.92 Å². The summed E-state index contributed by atoms with van der Waals surface area (Å²) in [4.78, 5) is 21.0.